The molecule has 1 atom stereocenters. The molecule has 1 unspecified atom stereocenters. The summed E-state index contributed by atoms with van der Waals surface area (Å²) in [7, 11) is -2.14. The third-order valence-electron chi connectivity index (χ3n) is 5.65. The van der Waals surface area contributed by atoms with Crippen LogP contribution in [0.3, 0.4) is 0 Å². The second kappa shape index (κ2) is 9.22. The van der Waals surface area contributed by atoms with Gasteiger partial charge in [0.2, 0.25) is 10.0 Å². The molecule has 2 aromatic carbocycles. The quantitative estimate of drug-likeness (QED) is 0.730. The molecule has 30 heavy (non-hydrogen) atoms. The van der Waals surface area contributed by atoms with Crippen molar-refractivity contribution in [1.29, 1.82) is 0 Å². The molecule has 3 rings (SSSR count). The van der Waals surface area contributed by atoms with Crippen LogP contribution in [-0.4, -0.2) is 31.7 Å². The van der Waals surface area contributed by atoms with Crippen LogP contribution in [0.1, 0.15) is 61.0 Å². The summed E-state index contributed by atoms with van der Waals surface area (Å²) < 4.78 is 54.1. The van der Waals surface area contributed by atoms with Gasteiger partial charge in [-0.2, -0.15) is 4.31 Å². The number of hydrogen-bond donors (Lipinski definition) is 1. The highest BCUT2D eigenvalue weighted by Gasteiger charge is 2.29. The number of rotatable bonds is 6. The van der Waals surface area contributed by atoms with E-state index in [0.717, 1.165) is 44.2 Å². The first-order chi connectivity index (χ1) is 14.2. The lowest BCUT2D eigenvalue weighted by molar-refractivity contribution is 0.0939. The van der Waals surface area contributed by atoms with Crippen LogP contribution in [0.25, 0.3) is 0 Å². The lowest BCUT2D eigenvalue weighted by atomic mass is 9.96. The smallest absolute Gasteiger partial charge is 0.251 e. The molecule has 0 spiro atoms. The SMILES string of the molecule is CC(NC(=O)c1cccc(S(=O)(=O)N(C)C2CCCCC2)c1)c1ccc(F)c(F)c1. The van der Waals surface area contributed by atoms with E-state index >= 15 is 0 Å². The predicted octanol–water partition coefficient (Wildman–Crippen LogP) is 4.41. The molecule has 1 N–H and O–H groups in total. The van der Waals surface area contributed by atoms with Crippen LogP contribution in [0.15, 0.2) is 47.4 Å². The molecule has 1 amide bonds. The largest absolute Gasteiger partial charge is 0.346 e. The Bertz CT molecular complexity index is 1020. The molecule has 1 fully saturated rings. The number of benzene rings is 2. The van der Waals surface area contributed by atoms with Gasteiger partial charge in [0, 0.05) is 18.7 Å². The Morgan fingerprint density at radius 1 is 1.07 bits per heavy atom. The summed E-state index contributed by atoms with van der Waals surface area (Å²) in [6.45, 7) is 1.64. The van der Waals surface area contributed by atoms with E-state index in [1.165, 1.54) is 34.6 Å². The predicted molar refractivity (Wildman–Crippen MR) is 111 cm³/mol. The molecule has 162 valence electrons. The van der Waals surface area contributed by atoms with Crippen LogP contribution in [0, 0.1) is 11.6 Å². The molecule has 8 heteroatoms. The maximum absolute atomic E-state index is 13.5. The van der Waals surface area contributed by atoms with Crippen LogP contribution in [-0.2, 0) is 10.0 Å². The molecule has 1 saturated carbocycles. The van der Waals surface area contributed by atoms with Crippen molar-refractivity contribution < 1.29 is 22.0 Å². The lowest BCUT2D eigenvalue weighted by Crippen LogP contribution is -2.38. The Morgan fingerprint density at radius 3 is 2.43 bits per heavy atom. The molecule has 0 heterocycles. The van der Waals surface area contributed by atoms with Crippen molar-refractivity contribution in [3.05, 3.63) is 65.2 Å². The minimum atomic E-state index is -3.72. The highest BCUT2D eigenvalue weighted by Crippen LogP contribution is 2.27. The maximum Gasteiger partial charge on any atom is 0.251 e. The fourth-order valence-electron chi connectivity index (χ4n) is 3.75. The van der Waals surface area contributed by atoms with Gasteiger partial charge < -0.3 is 5.32 Å². The second-order valence-electron chi connectivity index (χ2n) is 7.71. The van der Waals surface area contributed by atoms with Gasteiger partial charge in [0.1, 0.15) is 0 Å². The molecule has 1 aliphatic rings. The van der Waals surface area contributed by atoms with Crippen molar-refractivity contribution in [2.24, 2.45) is 0 Å². The van der Waals surface area contributed by atoms with E-state index in [4.69, 9.17) is 0 Å². The molecular weight excluding hydrogens is 410 g/mol. The summed E-state index contributed by atoms with van der Waals surface area (Å²) in [5.41, 5.74) is 0.589. The molecule has 0 radical (unpaired) electrons. The van der Waals surface area contributed by atoms with Crippen molar-refractivity contribution in [2.45, 2.75) is 56.0 Å². The monoisotopic (exact) mass is 436 g/mol. The van der Waals surface area contributed by atoms with E-state index in [2.05, 4.69) is 5.32 Å². The zero-order valence-corrected chi connectivity index (χ0v) is 17.9. The van der Waals surface area contributed by atoms with E-state index in [1.54, 1.807) is 14.0 Å². The normalized spacial score (nSPS) is 16.4. The van der Waals surface area contributed by atoms with Crippen LogP contribution >= 0.6 is 0 Å². The summed E-state index contributed by atoms with van der Waals surface area (Å²) in [6, 6.07) is 8.68. The molecule has 5 nitrogen and oxygen atoms in total. The fraction of sp³-hybridized carbons (Fsp3) is 0.409. The molecule has 0 aliphatic heterocycles. The van der Waals surface area contributed by atoms with Gasteiger partial charge in [-0.15, -0.1) is 0 Å². The van der Waals surface area contributed by atoms with Gasteiger partial charge >= 0.3 is 0 Å². The van der Waals surface area contributed by atoms with E-state index in [0.29, 0.717) is 5.56 Å². The molecule has 0 bridgehead atoms. The fourth-order valence-corrected chi connectivity index (χ4v) is 5.21. The van der Waals surface area contributed by atoms with Crippen molar-refractivity contribution >= 4 is 15.9 Å². The zero-order valence-electron chi connectivity index (χ0n) is 17.1. The van der Waals surface area contributed by atoms with E-state index in [9.17, 15) is 22.0 Å². The van der Waals surface area contributed by atoms with Crippen LogP contribution < -0.4 is 5.32 Å². The average Bonchev–Trinajstić information content (AvgIpc) is 2.75. The molecule has 1 aliphatic carbocycles. The minimum Gasteiger partial charge on any atom is -0.346 e. The van der Waals surface area contributed by atoms with E-state index in [-0.39, 0.29) is 16.5 Å². The Balaban J connectivity index is 1.76. The van der Waals surface area contributed by atoms with Gasteiger partial charge in [-0.25, -0.2) is 17.2 Å². The number of sulfonamides is 1. The molecule has 2 aromatic rings. The Kier molecular flexibility index (Phi) is 6.88. The first-order valence-corrected chi connectivity index (χ1v) is 11.5. The summed E-state index contributed by atoms with van der Waals surface area (Å²) in [6.07, 6.45) is 4.81. The van der Waals surface area contributed by atoms with Crippen LogP contribution in [0.5, 0.6) is 0 Å². The van der Waals surface area contributed by atoms with Crippen molar-refractivity contribution in [3.63, 3.8) is 0 Å². The van der Waals surface area contributed by atoms with Crippen molar-refractivity contribution in [2.75, 3.05) is 7.05 Å². The van der Waals surface area contributed by atoms with Crippen molar-refractivity contribution in [3.8, 4) is 0 Å². The van der Waals surface area contributed by atoms with E-state index in [1.807, 2.05) is 0 Å². The zero-order chi connectivity index (χ0) is 21.9. The second-order valence-corrected chi connectivity index (χ2v) is 9.71. The highest BCUT2D eigenvalue weighted by molar-refractivity contribution is 7.89. The Hall–Kier alpha value is -2.32. The lowest BCUT2D eigenvalue weighted by Gasteiger charge is -2.30. The minimum absolute atomic E-state index is 0.0328. The first-order valence-electron chi connectivity index (χ1n) is 10.0. The molecular formula is C22H26F2N2O3S. The number of halogens is 2. The van der Waals surface area contributed by atoms with Gasteiger partial charge in [-0.05, 0) is 55.7 Å². The Labute approximate surface area is 176 Å². The van der Waals surface area contributed by atoms with E-state index < -0.39 is 33.6 Å². The number of carbonyl (C=O) groups is 1. The van der Waals surface area contributed by atoms with Crippen LogP contribution in [0.2, 0.25) is 0 Å². The number of nitrogens with one attached hydrogen (secondary N) is 1. The Morgan fingerprint density at radius 2 is 1.77 bits per heavy atom. The number of hydrogen-bond acceptors (Lipinski definition) is 3. The van der Waals surface area contributed by atoms with Gasteiger partial charge in [-0.3, -0.25) is 4.79 Å². The third kappa shape index (κ3) is 4.87. The van der Waals surface area contributed by atoms with Gasteiger partial charge in [-0.1, -0.05) is 31.4 Å². The van der Waals surface area contributed by atoms with Crippen molar-refractivity contribution in [1.82, 2.24) is 9.62 Å². The maximum atomic E-state index is 13.5. The standard InChI is InChI=1S/C22H26F2N2O3S/c1-15(16-11-12-20(23)21(24)14-16)25-22(27)17-7-6-10-19(13-17)30(28,29)26(2)18-8-4-3-5-9-18/h6-7,10-15,18H,3-5,8-9H2,1-2H3,(H,25,27). The highest BCUT2D eigenvalue weighted by atomic mass is 32.2. The number of nitrogens with zero attached hydrogens (tertiary/aromatic N) is 1. The first kappa shape index (κ1) is 22.4. The number of amides is 1. The van der Waals surface area contributed by atoms with Gasteiger partial charge in [0.25, 0.3) is 5.91 Å². The topological polar surface area (TPSA) is 66.5 Å². The average molecular weight is 437 g/mol. The summed E-state index contributed by atoms with van der Waals surface area (Å²) >= 11 is 0. The summed E-state index contributed by atoms with van der Waals surface area (Å²) in [5.74, 6) is -2.45. The number of carbonyl (C=O) groups excluding carboxylic acids is 1. The van der Waals surface area contributed by atoms with Gasteiger partial charge in [0.05, 0.1) is 10.9 Å². The summed E-state index contributed by atoms with van der Waals surface area (Å²) in [4.78, 5) is 12.7. The van der Waals surface area contributed by atoms with Crippen LogP contribution in [0.4, 0.5) is 8.78 Å². The molecule has 0 saturated heterocycles. The summed E-state index contributed by atoms with van der Waals surface area (Å²) in [5, 5.41) is 2.69. The van der Waals surface area contributed by atoms with Gasteiger partial charge in [0.15, 0.2) is 11.6 Å². The third-order valence-corrected chi connectivity index (χ3v) is 7.56. The molecule has 0 aromatic heterocycles.